The van der Waals surface area contributed by atoms with Crippen LogP contribution in [0, 0.1) is 0 Å². The fourth-order valence-electron chi connectivity index (χ4n) is 2.71. The van der Waals surface area contributed by atoms with Gasteiger partial charge in [-0.25, -0.2) is 0 Å². The summed E-state index contributed by atoms with van der Waals surface area (Å²) in [5.41, 5.74) is 4.18. The van der Waals surface area contributed by atoms with Crippen LogP contribution in [-0.2, 0) is 12.8 Å². The lowest BCUT2D eigenvalue weighted by atomic mass is 10.1. The Morgan fingerprint density at radius 2 is 1.71 bits per heavy atom. The van der Waals surface area contributed by atoms with Crippen LogP contribution in [0.4, 0.5) is 5.69 Å². The number of benzene rings is 2. The van der Waals surface area contributed by atoms with Gasteiger partial charge in [-0.05, 0) is 30.5 Å². The second-order valence-corrected chi connectivity index (χ2v) is 5.88. The minimum Gasteiger partial charge on any atom is -0.394 e. The van der Waals surface area contributed by atoms with Gasteiger partial charge in [0.1, 0.15) is 0 Å². The second-order valence-electron chi connectivity index (χ2n) is 5.88. The molecule has 3 aromatic rings. The Balaban J connectivity index is 1.82. The standard InChI is InChI=1S/C20H22N2O2/c23-14-17(24)13-21-20-12-16(11-10-15-6-2-1-3-7-15)22-19-9-5-4-8-18(19)20/h1-9,12,17,23-24H,10-11,13-14H2,(H,21,22). The minimum absolute atomic E-state index is 0.253. The number of hydrogen-bond acceptors (Lipinski definition) is 4. The molecule has 0 saturated heterocycles. The maximum atomic E-state index is 9.58. The van der Waals surface area contributed by atoms with Crippen molar-refractivity contribution < 1.29 is 10.2 Å². The number of aromatic nitrogens is 1. The van der Waals surface area contributed by atoms with E-state index in [0.717, 1.165) is 35.1 Å². The van der Waals surface area contributed by atoms with Gasteiger partial charge in [0.05, 0.1) is 18.2 Å². The maximum Gasteiger partial charge on any atom is 0.0942 e. The van der Waals surface area contributed by atoms with Gasteiger partial charge in [0.2, 0.25) is 0 Å². The number of aliphatic hydroxyl groups is 2. The monoisotopic (exact) mass is 322 g/mol. The summed E-state index contributed by atoms with van der Waals surface area (Å²) in [6.45, 7) is 0.0551. The van der Waals surface area contributed by atoms with Crippen molar-refractivity contribution in [1.29, 1.82) is 0 Å². The lowest BCUT2D eigenvalue weighted by Crippen LogP contribution is -2.23. The van der Waals surface area contributed by atoms with E-state index in [1.807, 2.05) is 48.5 Å². The van der Waals surface area contributed by atoms with E-state index >= 15 is 0 Å². The number of rotatable bonds is 7. The fourth-order valence-corrected chi connectivity index (χ4v) is 2.71. The number of fused-ring (bicyclic) bond motifs is 1. The van der Waals surface area contributed by atoms with Gasteiger partial charge in [0, 0.05) is 23.3 Å². The lowest BCUT2D eigenvalue weighted by molar-refractivity contribution is 0.105. The summed E-state index contributed by atoms with van der Waals surface area (Å²) in [6, 6.07) is 20.4. The zero-order valence-electron chi connectivity index (χ0n) is 13.5. The first-order valence-corrected chi connectivity index (χ1v) is 8.21. The third kappa shape index (κ3) is 4.10. The highest BCUT2D eigenvalue weighted by Gasteiger charge is 2.08. The summed E-state index contributed by atoms with van der Waals surface area (Å²) in [6.07, 6.45) is 1.02. The van der Waals surface area contributed by atoms with Crippen LogP contribution in [0.2, 0.25) is 0 Å². The highest BCUT2D eigenvalue weighted by atomic mass is 16.3. The zero-order valence-corrected chi connectivity index (χ0v) is 13.5. The summed E-state index contributed by atoms with van der Waals surface area (Å²) < 4.78 is 0. The molecule has 3 rings (SSSR count). The number of anilines is 1. The molecule has 2 aromatic carbocycles. The summed E-state index contributed by atoms with van der Waals surface area (Å²) in [7, 11) is 0. The van der Waals surface area contributed by atoms with E-state index in [4.69, 9.17) is 10.1 Å². The SMILES string of the molecule is OCC(O)CNc1cc(CCc2ccccc2)nc2ccccc12. The molecular formula is C20H22N2O2. The van der Waals surface area contributed by atoms with Crippen molar-refractivity contribution in [1.82, 2.24) is 4.98 Å². The topological polar surface area (TPSA) is 65.4 Å². The predicted molar refractivity (Wildman–Crippen MR) is 97.2 cm³/mol. The Hall–Kier alpha value is -2.43. The van der Waals surface area contributed by atoms with E-state index in [9.17, 15) is 5.11 Å². The third-order valence-corrected chi connectivity index (χ3v) is 4.02. The van der Waals surface area contributed by atoms with E-state index in [1.54, 1.807) is 0 Å². The smallest absolute Gasteiger partial charge is 0.0942 e. The molecular weight excluding hydrogens is 300 g/mol. The molecule has 0 spiro atoms. The molecule has 1 atom stereocenters. The number of nitrogens with one attached hydrogen (secondary N) is 1. The predicted octanol–water partition coefficient (Wildman–Crippen LogP) is 2.79. The van der Waals surface area contributed by atoms with Crippen molar-refractivity contribution in [2.75, 3.05) is 18.5 Å². The molecule has 24 heavy (non-hydrogen) atoms. The van der Waals surface area contributed by atoms with Crippen LogP contribution < -0.4 is 5.32 Å². The molecule has 3 N–H and O–H groups in total. The Morgan fingerprint density at radius 3 is 2.50 bits per heavy atom. The number of aryl methyl sites for hydroxylation is 2. The van der Waals surface area contributed by atoms with Gasteiger partial charge in [0.15, 0.2) is 0 Å². The van der Waals surface area contributed by atoms with Crippen molar-refractivity contribution in [3.8, 4) is 0 Å². The molecule has 4 nitrogen and oxygen atoms in total. The number of pyridine rings is 1. The van der Waals surface area contributed by atoms with E-state index < -0.39 is 6.10 Å². The van der Waals surface area contributed by atoms with E-state index in [2.05, 4.69) is 17.4 Å². The number of hydrogen-bond donors (Lipinski definition) is 3. The Labute approximate surface area is 141 Å². The summed E-state index contributed by atoms with van der Waals surface area (Å²) in [5, 5.41) is 22.8. The van der Waals surface area contributed by atoms with Gasteiger partial charge in [-0.3, -0.25) is 4.98 Å². The van der Waals surface area contributed by atoms with Gasteiger partial charge in [-0.1, -0.05) is 48.5 Å². The summed E-state index contributed by atoms with van der Waals surface area (Å²) in [4.78, 5) is 4.75. The van der Waals surface area contributed by atoms with Gasteiger partial charge in [0.25, 0.3) is 0 Å². The molecule has 4 heteroatoms. The Kier molecular flexibility index (Phi) is 5.41. The van der Waals surface area contributed by atoms with Crippen molar-refractivity contribution in [2.45, 2.75) is 18.9 Å². The van der Waals surface area contributed by atoms with Crippen molar-refractivity contribution in [3.63, 3.8) is 0 Å². The molecule has 0 radical (unpaired) electrons. The molecule has 0 aliphatic rings. The van der Waals surface area contributed by atoms with Crippen LogP contribution in [0.3, 0.4) is 0 Å². The third-order valence-electron chi connectivity index (χ3n) is 4.02. The summed E-state index contributed by atoms with van der Waals surface area (Å²) in [5.74, 6) is 0. The first-order valence-electron chi connectivity index (χ1n) is 8.21. The first kappa shape index (κ1) is 16.4. The van der Waals surface area contributed by atoms with Gasteiger partial charge in [-0.2, -0.15) is 0 Å². The summed E-state index contributed by atoms with van der Waals surface area (Å²) >= 11 is 0. The highest BCUT2D eigenvalue weighted by molar-refractivity contribution is 5.91. The molecule has 0 bridgehead atoms. The van der Waals surface area contributed by atoms with Crippen LogP contribution in [0.5, 0.6) is 0 Å². The molecule has 0 saturated carbocycles. The van der Waals surface area contributed by atoms with Gasteiger partial charge in [-0.15, -0.1) is 0 Å². The van der Waals surface area contributed by atoms with Crippen molar-refractivity contribution in [3.05, 3.63) is 71.9 Å². The largest absolute Gasteiger partial charge is 0.394 e. The van der Waals surface area contributed by atoms with Gasteiger partial charge >= 0.3 is 0 Å². The van der Waals surface area contributed by atoms with Crippen LogP contribution in [0.25, 0.3) is 10.9 Å². The number of nitrogens with zero attached hydrogens (tertiary/aromatic N) is 1. The molecule has 1 unspecified atom stereocenters. The molecule has 0 aliphatic carbocycles. The van der Waals surface area contributed by atoms with Crippen LogP contribution >= 0.6 is 0 Å². The van der Waals surface area contributed by atoms with Crippen molar-refractivity contribution >= 4 is 16.6 Å². The van der Waals surface area contributed by atoms with E-state index in [0.29, 0.717) is 6.54 Å². The van der Waals surface area contributed by atoms with Crippen LogP contribution in [0.15, 0.2) is 60.7 Å². The van der Waals surface area contributed by atoms with E-state index in [1.165, 1.54) is 5.56 Å². The van der Waals surface area contributed by atoms with Crippen molar-refractivity contribution in [2.24, 2.45) is 0 Å². The molecule has 0 amide bonds. The molecule has 124 valence electrons. The highest BCUT2D eigenvalue weighted by Crippen LogP contribution is 2.24. The molecule has 0 aliphatic heterocycles. The maximum absolute atomic E-state index is 9.58. The van der Waals surface area contributed by atoms with E-state index in [-0.39, 0.29) is 6.61 Å². The zero-order chi connectivity index (χ0) is 16.8. The second kappa shape index (κ2) is 7.90. The Bertz CT molecular complexity index is 790. The molecule has 1 aromatic heterocycles. The first-order chi connectivity index (χ1) is 11.8. The number of aliphatic hydroxyl groups excluding tert-OH is 2. The average molecular weight is 322 g/mol. The van der Waals surface area contributed by atoms with Gasteiger partial charge < -0.3 is 15.5 Å². The van der Waals surface area contributed by atoms with Crippen LogP contribution in [-0.4, -0.2) is 34.5 Å². The molecule has 1 heterocycles. The van der Waals surface area contributed by atoms with Crippen LogP contribution in [0.1, 0.15) is 11.3 Å². The number of para-hydroxylation sites is 1. The molecule has 0 fully saturated rings. The lowest BCUT2D eigenvalue weighted by Gasteiger charge is -2.14. The minimum atomic E-state index is -0.773. The quantitative estimate of drug-likeness (QED) is 0.626. The Morgan fingerprint density at radius 1 is 0.958 bits per heavy atom. The average Bonchev–Trinajstić information content (AvgIpc) is 2.65. The fraction of sp³-hybridized carbons (Fsp3) is 0.250. The normalized spacial score (nSPS) is 12.2.